The fourth-order valence-corrected chi connectivity index (χ4v) is 9.24. The molecule has 0 nitrogen and oxygen atoms in total. The second kappa shape index (κ2) is 9.89. The summed E-state index contributed by atoms with van der Waals surface area (Å²) in [7, 11) is 0. The van der Waals surface area contributed by atoms with Crippen LogP contribution in [0.3, 0.4) is 0 Å². The summed E-state index contributed by atoms with van der Waals surface area (Å²) in [6, 6.07) is 68.1. The molecule has 0 aromatic heterocycles. The monoisotopic (exact) mass is 618 g/mol. The van der Waals surface area contributed by atoms with E-state index >= 15 is 0 Å². The van der Waals surface area contributed by atoms with Gasteiger partial charge in [-0.1, -0.05) is 170 Å². The summed E-state index contributed by atoms with van der Waals surface area (Å²) in [5.41, 5.74) is 9.95. The van der Waals surface area contributed by atoms with Crippen molar-refractivity contribution in [1.29, 1.82) is 0 Å². The molecule has 1 aliphatic rings. The highest BCUT2D eigenvalue weighted by atomic mass is 14.5. The maximum Gasteiger partial charge on any atom is 0.0714 e. The Morgan fingerprint density at radius 2 is 0.776 bits per heavy atom. The zero-order valence-corrected chi connectivity index (χ0v) is 26.8. The van der Waals surface area contributed by atoms with Gasteiger partial charge in [-0.2, -0.15) is 0 Å². The van der Waals surface area contributed by atoms with Gasteiger partial charge in [-0.25, -0.2) is 0 Å². The van der Waals surface area contributed by atoms with Crippen molar-refractivity contribution in [3.63, 3.8) is 0 Å². The fourth-order valence-electron chi connectivity index (χ4n) is 9.24. The number of rotatable bonds is 4. The Morgan fingerprint density at radius 1 is 0.286 bits per heavy atom. The number of benzene rings is 10. The van der Waals surface area contributed by atoms with Gasteiger partial charge in [0, 0.05) is 0 Å². The van der Waals surface area contributed by atoms with Gasteiger partial charge in [-0.3, -0.25) is 0 Å². The molecule has 0 N–H and O–H groups in total. The quantitative estimate of drug-likeness (QED) is 0.172. The molecule has 49 heavy (non-hydrogen) atoms. The van der Waals surface area contributed by atoms with E-state index < -0.39 is 5.41 Å². The van der Waals surface area contributed by atoms with Crippen LogP contribution in [0.15, 0.2) is 182 Å². The molecule has 0 fully saturated rings. The highest BCUT2D eigenvalue weighted by Gasteiger charge is 2.45. The van der Waals surface area contributed by atoms with Gasteiger partial charge in [0.05, 0.1) is 5.41 Å². The zero-order valence-electron chi connectivity index (χ0n) is 26.8. The van der Waals surface area contributed by atoms with E-state index in [-0.39, 0.29) is 0 Å². The van der Waals surface area contributed by atoms with E-state index in [0.717, 1.165) is 0 Å². The molecular formula is C49H30. The van der Waals surface area contributed by atoms with E-state index in [4.69, 9.17) is 0 Å². The van der Waals surface area contributed by atoms with Crippen LogP contribution in [-0.4, -0.2) is 0 Å². The van der Waals surface area contributed by atoms with Crippen LogP contribution in [-0.2, 0) is 5.41 Å². The molecule has 0 saturated heterocycles. The second-order valence-electron chi connectivity index (χ2n) is 13.6. The van der Waals surface area contributed by atoms with Gasteiger partial charge in [-0.15, -0.1) is 0 Å². The predicted molar refractivity (Wildman–Crippen MR) is 208 cm³/mol. The Morgan fingerprint density at radius 3 is 1.41 bits per heavy atom. The Balaban J connectivity index is 1.25. The van der Waals surface area contributed by atoms with Crippen molar-refractivity contribution < 1.29 is 0 Å². The van der Waals surface area contributed by atoms with Crippen molar-refractivity contribution in [2.24, 2.45) is 0 Å². The minimum absolute atomic E-state index is 0.436. The lowest BCUT2D eigenvalue weighted by Gasteiger charge is -2.34. The summed E-state index contributed by atoms with van der Waals surface area (Å²) >= 11 is 0. The maximum absolute atomic E-state index is 2.52. The van der Waals surface area contributed by atoms with Crippen molar-refractivity contribution in [2.45, 2.75) is 5.41 Å². The third kappa shape index (κ3) is 3.53. The van der Waals surface area contributed by atoms with E-state index in [1.807, 2.05) is 0 Å². The number of hydrogen-bond acceptors (Lipinski definition) is 0. The fraction of sp³-hybridized carbons (Fsp3) is 0.0204. The van der Waals surface area contributed by atoms with Crippen molar-refractivity contribution >= 4 is 53.9 Å². The van der Waals surface area contributed by atoms with Gasteiger partial charge in [0.15, 0.2) is 0 Å². The van der Waals surface area contributed by atoms with Gasteiger partial charge in [0.25, 0.3) is 0 Å². The molecule has 0 bridgehead atoms. The molecule has 0 atom stereocenters. The van der Waals surface area contributed by atoms with Gasteiger partial charge in [0.2, 0.25) is 0 Å². The molecule has 0 heterocycles. The maximum atomic E-state index is 2.52. The van der Waals surface area contributed by atoms with Crippen LogP contribution in [0.4, 0.5) is 0 Å². The molecule has 0 spiro atoms. The average Bonchev–Trinajstić information content (AvgIpc) is 3.48. The summed E-state index contributed by atoms with van der Waals surface area (Å²) < 4.78 is 0. The molecule has 0 saturated carbocycles. The minimum Gasteiger partial charge on any atom is -0.0622 e. The standard InChI is InChI=1S/C49H30/c1-4-11-31(12-5-1)39-25-21-33-24-28-42-40(26-22-34-23-27-41(39)45(33)46(34)42)36-29-35-20-19-32-13-10-18-43-47(32)48(35)44(30-36)49(43,37-14-6-2-7-15-37)38-16-8-3-9-17-38/h1-30H. The Kier molecular flexibility index (Phi) is 5.41. The highest BCUT2D eigenvalue weighted by Crippen LogP contribution is 2.57. The summed E-state index contributed by atoms with van der Waals surface area (Å²) in [5.74, 6) is 0. The average molecular weight is 619 g/mol. The Labute approximate surface area is 284 Å². The van der Waals surface area contributed by atoms with Gasteiger partial charge in [0.1, 0.15) is 0 Å². The van der Waals surface area contributed by atoms with Crippen LogP contribution in [0.5, 0.6) is 0 Å². The smallest absolute Gasteiger partial charge is 0.0622 e. The van der Waals surface area contributed by atoms with Crippen molar-refractivity contribution in [1.82, 2.24) is 0 Å². The lowest BCUT2D eigenvalue weighted by Crippen LogP contribution is -2.28. The summed E-state index contributed by atoms with van der Waals surface area (Å²) in [6.45, 7) is 0. The summed E-state index contributed by atoms with van der Waals surface area (Å²) in [4.78, 5) is 0. The number of hydrogen-bond donors (Lipinski definition) is 0. The van der Waals surface area contributed by atoms with Gasteiger partial charge in [-0.05, 0) is 111 Å². The topological polar surface area (TPSA) is 0 Å². The SMILES string of the molecule is c1ccc(-c2ccc3ccc4c(-c5cc6c7c(ccc8cccc(c87)C6(c6ccccc6)c6ccccc6)c5)ccc5ccc2c3c54)cc1. The minimum atomic E-state index is -0.436. The summed E-state index contributed by atoms with van der Waals surface area (Å²) in [5, 5.41) is 13.2. The van der Waals surface area contributed by atoms with Crippen LogP contribution in [0.25, 0.3) is 76.1 Å². The lowest BCUT2D eigenvalue weighted by molar-refractivity contribution is 0.771. The summed E-state index contributed by atoms with van der Waals surface area (Å²) in [6.07, 6.45) is 0. The van der Waals surface area contributed by atoms with Crippen LogP contribution in [0.1, 0.15) is 22.3 Å². The molecule has 11 rings (SSSR count). The first-order chi connectivity index (χ1) is 24.3. The zero-order chi connectivity index (χ0) is 32.1. The van der Waals surface area contributed by atoms with Crippen molar-refractivity contribution in [3.8, 4) is 22.3 Å². The molecule has 10 aromatic carbocycles. The lowest BCUT2D eigenvalue weighted by atomic mass is 9.67. The van der Waals surface area contributed by atoms with E-state index in [2.05, 4.69) is 182 Å². The van der Waals surface area contributed by atoms with E-state index in [0.29, 0.717) is 0 Å². The molecule has 0 radical (unpaired) electrons. The van der Waals surface area contributed by atoms with E-state index in [9.17, 15) is 0 Å². The molecular weight excluding hydrogens is 589 g/mol. The molecule has 0 heteroatoms. The largest absolute Gasteiger partial charge is 0.0714 e. The molecule has 0 unspecified atom stereocenters. The molecule has 0 aliphatic heterocycles. The van der Waals surface area contributed by atoms with Crippen LogP contribution >= 0.6 is 0 Å². The molecule has 0 amide bonds. The Bertz CT molecular complexity index is 2860. The van der Waals surface area contributed by atoms with Crippen molar-refractivity contribution in [3.05, 3.63) is 204 Å². The van der Waals surface area contributed by atoms with E-state index in [1.54, 1.807) is 0 Å². The molecule has 226 valence electrons. The Hall–Kier alpha value is -6.24. The van der Waals surface area contributed by atoms with Gasteiger partial charge < -0.3 is 0 Å². The van der Waals surface area contributed by atoms with Crippen molar-refractivity contribution in [2.75, 3.05) is 0 Å². The first-order valence-electron chi connectivity index (χ1n) is 17.2. The van der Waals surface area contributed by atoms with E-state index in [1.165, 1.54) is 98.4 Å². The first kappa shape index (κ1) is 26.8. The molecule has 10 aromatic rings. The predicted octanol–water partition coefficient (Wildman–Crippen LogP) is 12.9. The third-order valence-corrected chi connectivity index (χ3v) is 11.2. The van der Waals surface area contributed by atoms with Gasteiger partial charge >= 0.3 is 0 Å². The van der Waals surface area contributed by atoms with Crippen LogP contribution in [0.2, 0.25) is 0 Å². The third-order valence-electron chi connectivity index (χ3n) is 11.2. The normalized spacial score (nSPS) is 13.5. The van der Waals surface area contributed by atoms with Crippen LogP contribution < -0.4 is 0 Å². The van der Waals surface area contributed by atoms with Crippen LogP contribution in [0, 0.1) is 0 Å². The first-order valence-corrected chi connectivity index (χ1v) is 17.2. The second-order valence-corrected chi connectivity index (χ2v) is 13.6. The molecule has 1 aliphatic carbocycles. The highest BCUT2D eigenvalue weighted by molar-refractivity contribution is 6.28.